The van der Waals surface area contributed by atoms with Crippen LogP contribution in [0.3, 0.4) is 0 Å². The second-order valence-electron chi connectivity index (χ2n) is 3.61. The van der Waals surface area contributed by atoms with Gasteiger partial charge in [-0.2, -0.15) is 0 Å². The smallest absolute Gasteiger partial charge is 0.303 e. The number of aromatic nitrogens is 1. The number of benzene rings is 1. The minimum Gasteiger partial charge on any atom is -0.481 e. The number of para-hydroxylation sites is 1. The zero-order valence-electron chi connectivity index (χ0n) is 9.09. The average Bonchev–Trinajstić information content (AvgIpc) is 2.75. The predicted octanol–water partition coefficient (Wildman–Crippen LogP) is 1.94. The molecule has 0 aliphatic carbocycles. The molecular formula is C12H12N2O3. The number of carbonyl (C=O) groups is 1. The van der Waals surface area contributed by atoms with E-state index in [0.29, 0.717) is 17.3 Å². The third-order valence-corrected chi connectivity index (χ3v) is 2.34. The number of carboxylic acids is 1. The lowest BCUT2D eigenvalue weighted by Gasteiger charge is -1.99. The Bertz CT molecular complexity index is 534. The van der Waals surface area contributed by atoms with Crippen LogP contribution in [0, 0.1) is 0 Å². The van der Waals surface area contributed by atoms with Crippen molar-refractivity contribution in [1.82, 2.24) is 4.98 Å². The van der Waals surface area contributed by atoms with Gasteiger partial charge in [-0.15, -0.1) is 0 Å². The van der Waals surface area contributed by atoms with Crippen LogP contribution in [-0.2, 0) is 11.2 Å². The molecule has 1 aromatic carbocycles. The maximum atomic E-state index is 10.4. The Balaban J connectivity index is 2.18. The molecule has 88 valence electrons. The van der Waals surface area contributed by atoms with Crippen LogP contribution >= 0.6 is 0 Å². The topological polar surface area (TPSA) is 89.3 Å². The number of anilines is 1. The van der Waals surface area contributed by atoms with Crippen LogP contribution in [0.1, 0.15) is 12.3 Å². The number of nitrogen functional groups attached to an aromatic ring is 1. The third-order valence-electron chi connectivity index (χ3n) is 2.34. The van der Waals surface area contributed by atoms with Crippen molar-refractivity contribution in [3.8, 4) is 11.3 Å². The largest absolute Gasteiger partial charge is 0.481 e. The maximum Gasteiger partial charge on any atom is 0.303 e. The number of nitrogens with zero attached hydrogens (tertiary/aromatic N) is 1. The lowest BCUT2D eigenvalue weighted by molar-refractivity contribution is -0.137. The third kappa shape index (κ3) is 2.63. The molecule has 2 aromatic rings. The Morgan fingerprint density at radius 3 is 2.88 bits per heavy atom. The highest BCUT2D eigenvalue weighted by atomic mass is 16.4. The quantitative estimate of drug-likeness (QED) is 0.786. The number of rotatable bonds is 4. The van der Waals surface area contributed by atoms with Crippen molar-refractivity contribution in [2.24, 2.45) is 0 Å². The summed E-state index contributed by atoms with van der Waals surface area (Å²) in [5, 5.41) is 8.55. The fourth-order valence-electron chi connectivity index (χ4n) is 1.49. The summed E-state index contributed by atoms with van der Waals surface area (Å²) in [6.45, 7) is 0. The summed E-state index contributed by atoms with van der Waals surface area (Å²) in [4.78, 5) is 14.6. The molecule has 0 aliphatic rings. The molecule has 0 fully saturated rings. The molecular weight excluding hydrogens is 220 g/mol. The van der Waals surface area contributed by atoms with E-state index in [4.69, 9.17) is 15.3 Å². The summed E-state index contributed by atoms with van der Waals surface area (Å²) in [7, 11) is 0. The van der Waals surface area contributed by atoms with Crippen molar-refractivity contribution in [3.05, 3.63) is 36.4 Å². The summed E-state index contributed by atoms with van der Waals surface area (Å²) in [5.41, 5.74) is 7.84. The SMILES string of the molecule is Nc1ccccc1-c1coc(CCC(=O)O)n1. The highest BCUT2D eigenvalue weighted by Crippen LogP contribution is 2.24. The molecule has 1 aromatic heterocycles. The first-order chi connectivity index (χ1) is 8.16. The lowest BCUT2D eigenvalue weighted by Crippen LogP contribution is -1.97. The number of aryl methyl sites for hydroxylation is 1. The van der Waals surface area contributed by atoms with Crippen LogP contribution in [0.4, 0.5) is 5.69 Å². The summed E-state index contributed by atoms with van der Waals surface area (Å²) >= 11 is 0. The number of oxazole rings is 1. The molecule has 5 nitrogen and oxygen atoms in total. The molecule has 0 saturated carbocycles. The van der Waals surface area contributed by atoms with E-state index < -0.39 is 5.97 Å². The fraction of sp³-hybridized carbons (Fsp3) is 0.167. The van der Waals surface area contributed by atoms with Gasteiger partial charge in [-0.25, -0.2) is 4.98 Å². The maximum absolute atomic E-state index is 10.4. The molecule has 0 aliphatic heterocycles. The van der Waals surface area contributed by atoms with E-state index >= 15 is 0 Å². The van der Waals surface area contributed by atoms with E-state index in [0.717, 1.165) is 5.56 Å². The minimum atomic E-state index is -0.871. The Labute approximate surface area is 97.9 Å². The normalized spacial score (nSPS) is 10.4. The Morgan fingerprint density at radius 1 is 1.41 bits per heavy atom. The second kappa shape index (κ2) is 4.69. The molecule has 3 N–H and O–H groups in total. The van der Waals surface area contributed by atoms with E-state index in [2.05, 4.69) is 4.98 Å². The molecule has 5 heteroatoms. The van der Waals surface area contributed by atoms with Gasteiger partial charge in [0.15, 0.2) is 5.89 Å². The van der Waals surface area contributed by atoms with Crippen molar-refractivity contribution >= 4 is 11.7 Å². The molecule has 0 amide bonds. The fourth-order valence-corrected chi connectivity index (χ4v) is 1.49. The van der Waals surface area contributed by atoms with Crippen LogP contribution in [0.25, 0.3) is 11.3 Å². The van der Waals surface area contributed by atoms with Gasteiger partial charge in [0.05, 0.1) is 6.42 Å². The van der Waals surface area contributed by atoms with Gasteiger partial charge in [0.2, 0.25) is 0 Å². The van der Waals surface area contributed by atoms with E-state index in [1.807, 2.05) is 18.2 Å². The monoisotopic (exact) mass is 232 g/mol. The molecule has 1 heterocycles. The van der Waals surface area contributed by atoms with Crippen LogP contribution in [0.15, 0.2) is 34.9 Å². The first-order valence-corrected chi connectivity index (χ1v) is 5.18. The molecule has 0 spiro atoms. The van der Waals surface area contributed by atoms with Gasteiger partial charge in [-0.05, 0) is 6.07 Å². The minimum absolute atomic E-state index is 0.00419. The number of hydrogen-bond donors (Lipinski definition) is 2. The molecule has 0 bridgehead atoms. The van der Waals surface area contributed by atoms with Gasteiger partial charge in [0.1, 0.15) is 12.0 Å². The van der Waals surface area contributed by atoms with Crippen LogP contribution in [0.2, 0.25) is 0 Å². The zero-order chi connectivity index (χ0) is 12.3. The molecule has 0 atom stereocenters. The summed E-state index contributed by atoms with van der Waals surface area (Å²) < 4.78 is 5.19. The molecule has 17 heavy (non-hydrogen) atoms. The van der Waals surface area contributed by atoms with E-state index in [-0.39, 0.29) is 12.8 Å². The van der Waals surface area contributed by atoms with Crippen molar-refractivity contribution in [2.45, 2.75) is 12.8 Å². The lowest BCUT2D eigenvalue weighted by atomic mass is 10.1. The Hall–Kier alpha value is -2.30. The van der Waals surface area contributed by atoms with E-state index in [1.54, 1.807) is 6.07 Å². The van der Waals surface area contributed by atoms with Gasteiger partial charge < -0.3 is 15.3 Å². The predicted molar refractivity (Wildman–Crippen MR) is 62.3 cm³/mol. The summed E-state index contributed by atoms with van der Waals surface area (Å²) in [6, 6.07) is 7.32. The van der Waals surface area contributed by atoms with Gasteiger partial charge in [-0.3, -0.25) is 4.79 Å². The van der Waals surface area contributed by atoms with Gasteiger partial charge in [0, 0.05) is 17.7 Å². The van der Waals surface area contributed by atoms with E-state index in [9.17, 15) is 4.79 Å². The molecule has 2 rings (SSSR count). The Morgan fingerprint density at radius 2 is 2.18 bits per heavy atom. The molecule has 0 radical (unpaired) electrons. The highest BCUT2D eigenvalue weighted by Gasteiger charge is 2.09. The van der Waals surface area contributed by atoms with Crippen molar-refractivity contribution in [1.29, 1.82) is 0 Å². The van der Waals surface area contributed by atoms with Crippen LogP contribution in [0.5, 0.6) is 0 Å². The standard InChI is InChI=1S/C12H12N2O3/c13-9-4-2-1-3-8(9)10-7-17-11(14-10)5-6-12(15)16/h1-4,7H,5-6,13H2,(H,15,16). The van der Waals surface area contributed by atoms with Gasteiger partial charge in [0.25, 0.3) is 0 Å². The zero-order valence-corrected chi connectivity index (χ0v) is 9.09. The first-order valence-electron chi connectivity index (χ1n) is 5.18. The first kappa shape index (κ1) is 11.2. The Kier molecular flexibility index (Phi) is 3.09. The van der Waals surface area contributed by atoms with E-state index in [1.165, 1.54) is 6.26 Å². The average molecular weight is 232 g/mol. The van der Waals surface area contributed by atoms with Crippen molar-refractivity contribution in [3.63, 3.8) is 0 Å². The second-order valence-corrected chi connectivity index (χ2v) is 3.61. The van der Waals surface area contributed by atoms with Gasteiger partial charge >= 0.3 is 5.97 Å². The van der Waals surface area contributed by atoms with Crippen molar-refractivity contribution < 1.29 is 14.3 Å². The van der Waals surface area contributed by atoms with Gasteiger partial charge in [-0.1, -0.05) is 18.2 Å². The number of aliphatic carboxylic acids is 1. The molecule has 0 saturated heterocycles. The number of nitrogens with two attached hydrogens (primary N) is 1. The molecule has 0 unspecified atom stereocenters. The van der Waals surface area contributed by atoms with Crippen LogP contribution in [-0.4, -0.2) is 16.1 Å². The summed E-state index contributed by atoms with van der Waals surface area (Å²) in [6.07, 6.45) is 1.77. The van der Waals surface area contributed by atoms with Crippen LogP contribution < -0.4 is 5.73 Å². The number of hydrogen-bond acceptors (Lipinski definition) is 4. The number of carboxylic acid groups (broad SMARTS) is 1. The highest BCUT2D eigenvalue weighted by molar-refractivity contribution is 5.73. The van der Waals surface area contributed by atoms with Crippen molar-refractivity contribution in [2.75, 3.05) is 5.73 Å². The summed E-state index contributed by atoms with van der Waals surface area (Å²) in [5.74, 6) is -0.463.